The lowest BCUT2D eigenvalue weighted by Crippen LogP contribution is -2.26. The second-order valence-electron chi connectivity index (χ2n) is 14.2. The van der Waals surface area contributed by atoms with E-state index < -0.39 is 21.6 Å². The zero-order chi connectivity index (χ0) is 34.0. The quantitative estimate of drug-likeness (QED) is 0.190. The molecule has 6 nitrogen and oxygen atoms in total. The van der Waals surface area contributed by atoms with Crippen LogP contribution in [0.5, 0.6) is 0 Å². The number of fused-ring (bicyclic) bond motifs is 7. The lowest BCUT2D eigenvalue weighted by Gasteiger charge is -2.28. The van der Waals surface area contributed by atoms with Crippen molar-refractivity contribution in [3.05, 3.63) is 128 Å². The van der Waals surface area contributed by atoms with E-state index in [-0.39, 0.29) is 26.3 Å². The van der Waals surface area contributed by atoms with Crippen molar-refractivity contribution < 1.29 is 23.1 Å². The van der Waals surface area contributed by atoms with Crippen molar-refractivity contribution in [1.82, 2.24) is 0 Å². The van der Waals surface area contributed by atoms with Gasteiger partial charge in [-0.15, -0.1) is 11.3 Å². The highest BCUT2D eigenvalue weighted by Crippen LogP contribution is 2.55. The van der Waals surface area contributed by atoms with Crippen LogP contribution >= 0.6 is 11.3 Å². The number of carboxylic acid groups (broad SMARTS) is 1. The van der Waals surface area contributed by atoms with Gasteiger partial charge in [-0.1, -0.05) is 56.7 Å². The predicted octanol–water partition coefficient (Wildman–Crippen LogP) is 9.53. The Kier molecular flexibility index (Phi) is 6.40. The summed E-state index contributed by atoms with van der Waals surface area (Å²) in [5.41, 5.74) is 11.0. The average molecular weight is 684 g/mol. The first kappa shape index (κ1) is 30.3. The maximum absolute atomic E-state index is 13.4. The number of thiophene rings is 1. The Balaban J connectivity index is 1.08. The zero-order valence-corrected chi connectivity index (χ0v) is 28.9. The van der Waals surface area contributed by atoms with E-state index in [4.69, 9.17) is 0 Å². The summed E-state index contributed by atoms with van der Waals surface area (Å²) in [6.45, 7) is 6.54. The minimum Gasteiger partial charge on any atom is -0.478 e. The van der Waals surface area contributed by atoms with Crippen LogP contribution in [0.1, 0.15) is 86.9 Å². The lowest BCUT2D eigenvalue weighted by atomic mass is 9.82. The number of hydrogen-bond donors (Lipinski definition) is 1. The van der Waals surface area contributed by atoms with Gasteiger partial charge in [0.25, 0.3) is 0 Å². The summed E-state index contributed by atoms with van der Waals surface area (Å²) in [4.78, 5) is 28.4. The Morgan fingerprint density at radius 3 is 2.53 bits per heavy atom. The molecule has 5 aromatic rings. The number of Topliss-reactive ketones (excluding diaryl/α,β-unsaturated/α-hetero) is 1. The molecule has 4 aromatic carbocycles. The van der Waals surface area contributed by atoms with Crippen LogP contribution in [0.3, 0.4) is 0 Å². The maximum Gasteiger partial charge on any atom is 0.335 e. The highest BCUT2D eigenvalue weighted by molar-refractivity contribution is 7.97. The number of aromatic carboxylic acids is 1. The summed E-state index contributed by atoms with van der Waals surface area (Å²) in [6, 6.07) is 28.6. The second-order valence-corrected chi connectivity index (χ2v) is 17.1. The number of rotatable bonds is 4. The molecule has 0 spiro atoms. The number of ketones is 1. The third kappa shape index (κ3) is 4.26. The first-order valence-electron chi connectivity index (χ1n) is 16.6. The number of carbonyl (C=O) groups is 2. The summed E-state index contributed by atoms with van der Waals surface area (Å²) in [5, 5.41) is 9.37. The van der Waals surface area contributed by atoms with Gasteiger partial charge < -0.3 is 10.0 Å². The molecule has 9 rings (SSSR count). The number of hydrogen-bond acceptors (Lipinski definition) is 6. The molecule has 1 N–H and O–H groups in total. The highest BCUT2D eigenvalue weighted by Gasteiger charge is 2.44. The average Bonchev–Trinajstić information content (AvgIpc) is 3.86. The minimum atomic E-state index is -4.15. The van der Waals surface area contributed by atoms with E-state index in [0.717, 1.165) is 34.9 Å². The normalized spacial score (nSPS) is 21.4. The summed E-state index contributed by atoms with van der Waals surface area (Å²) in [6.07, 6.45) is 4.92. The van der Waals surface area contributed by atoms with Crippen molar-refractivity contribution in [2.45, 2.75) is 62.3 Å². The standard InChI is InChI=1S/C41H33NO5S2/c1-22-17-36(48-35(22)21-38-39(43)28-14-11-24(40(44)45)19-37(28)49(38,46)47)23-12-16-34-30(18-23)27-8-6-10-33(27)42(34)25-13-15-32-29(20-25)26-7-4-5-9-31(26)41(32,2)3/h4-5,7,9,11-21,27,33H,6,8,10H2,1-3H3,(H,44,45)/b38-21+. The molecule has 1 saturated carbocycles. The van der Waals surface area contributed by atoms with Gasteiger partial charge in [0.2, 0.25) is 15.6 Å². The molecule has 8 heteroatoms. The molecule has 2 aliphatic heterocycles. The van der Waals surface area contributed by atoms with Crippen molar-refractivity contribution in [3.8, 4) is 21.6 Å². The van der Waals surface area contributed by atoms with E-state index in [1.165, 1.54) is 75.2 Å². The molecule has 2 aliphatic carbocycles. The van der Waals surface area contributed by atoms with E-state index in [1.807, 2.05) is 6.92 Å². The molecule has 2 atom stereocenters. The number of aryl methyl sites for hydroxylation is 1. The predicted molar refractivity (Wildman–Crippen MR) is 194 cm³/mol. The van der Waals surface area contributed by atoms with Crippen LogP contribution in [0.25, 0.3) is 27.6 Å². The van der Waals surface area contributed by atoms with Gasteiger partial charge in [0.15, 0.2) is 0 Å². The number of nitrogens with zero attached hydrogens (tertiary/aromatic N) is 1. The first-order valence-corrected chi connectivity index (χ1v) is 18.9. The molecule has 0 amide bonds. The van der Waals surface area contributed by atoms with Crippen LogP contribution in [0.15, 0.2) is 94.7 Å². The molecule has 1 fully saturated rings. The summed E-state index contributed by atoms with van der Waals surface area (Å²) in [5.74, 6) is -1.42. The molecular formula is C41H33NO5S2. The van der Waals surface area contributed by atoms with Crippen LogP contribution in [0, 0.1) is 6.92 Å². The molecular weight excluding hydrogens is 651 g/mol. The van der Waals surface area contributed by atoms with Gasteiger partial charge in [0.1, 0.15) is 4.91 Å². The van der Waals surface area contributed by atoms with Crippen molar-refractivity contribution >= 4 is 50.4 Å². The molecule has 0 radical (unpaired) electrons. The Bertz CT molecular complexity index is 2450. The summed E-state index contributed by atoms with van der Waals surface area (Å²) < 4.78 is 26.8. The fourth-order valence-corrected chi connectivity index (χ4v) is 11.5. The molecule has 4 aliphatic rings. The van der Waals surface area contributed by atoms with Gasteiger partial charge in [-0.3, -0.25) is 4.79 Å². The number of sulfone groups is 1. The van der Waals surface area contributed by atoms with Crippen LogP contribution < -0.4 is 4.90 Å². The third-order valence-electron chi connectivity index (χ3n) is 11.1. The number of benzene rings is 4. The van der Waals surface area contributed by atoms with Crippen molar-refractivity contribution in [2.24, 2.45) is 0 Å². The molecule has 49 heavy (non-hydrogen) atoms. The SMILES string of the molecule is Cc1cc(-c2ccc3c(c2)C2CCCC2N3c2ccc3c(c2)-c2ccccc2C3(C)C)sc1/C=C1\C(=O)c2ccc(C(=O)O)cc2S1(=O)=O. The molecule has 244 valence electrons. The monoisotopic (exact) mass is 683 g/mol. The van der Waals surface area contributed by atoms with E-state index in [0.29, 0.717) is 16.8 Å². The van der Waals surface area contributed by atoms with Crippen molar-refractivity contribution in [2.75, 3.05) is 4.90 Å². The van der Waals surface area contributed by atoms with Gasteiger partial charge in [0, 0.05) is 44.1 Å². The molecule has 2 unspecified atom stereocenters. The summed E-state index contributed by atoms with van der Waals surface area (Å²) >= 11 is 1.46. The molecule has 0 bridgehead atoms. The van der Waals surface area contributed by atoms with Gasteiger partial charge in [0.05, 0.1) is 10.5 Å². The van der Waals surface area contributed by atoms with Gasteiger partial charge >= 0.3 is 5.97 Å². The largest absolute Gasteiger partial charge is 0.478 e. The number of carboxylic acids is 1. The Hall–Kier alpha value is -4.79. The Labute approximate surface area is 289 Å². The fraction of sp³-hybridized carbons (Fsp3) is 0.220. The maximum atomic E-state index is 13.4. The van der Waals surface area contributed by atoms with E-state index in [9.17, 15) is 23.1 Å². The Morgan fingerprint density at radius 1 is 0.918 bits per heavy atom. The smallest absolute Gasteiger partial charge is 0.335 e. The zero-order valence-electron chi connectivity index (χ0n) is 27.3. The van der Waals surface area contributed by atoms with Crippen LogP contribution in [0.2, 0.25) is 0 Å². The lowest BCUT2D eigenvalue weighted by molar-refractivity contribution is 0.0696. The molecule has 0 saturated heterocycles. The second kappa shape index (κ2) is 10.4. The van der Waals surface area contributed by atoms with E-state index >= 15 is 0 Å². The first-order chi connectivity index (χ1) is 23.4. The van der Waals surface area contributed by atoms with Crippen molar-refractivity contribution in [1.29, 1.82) is 0 Å². The fourth-order valence-electron chi connectivity index (χ4n) is 8.69. The van der Waals surface area contributed by atoms with Gasteiger partial charge in [-0.2, -0.15) is 0 Å². The van der Waals surface area contributed by atoms with Crippen LogP contribution in [-0.2, 0) is 15.3 Å². The highest BCUT2D eigenvalue weighted by atomic mass is 32.2. The van der Waals surface area contributed by atoms with E-state index in [1.54, 1.807) is 0 Å². The number of anilines is 2. The molecule has 1 aromatic heterocycles. The van der Waals surface area contributed by atoms with Crippen LogP contribution in [0.4, 0.5) is 11.4 Å². The van der Waals surface area contributed by atoms with Crippen LogP contribution in [-0.4, -0.2) is 31.3 Å². The topological polar surface area (TPSA) is 91.8 Å². The van der Waals surface area contributed by atoms with Gasteiger partial charge in [-0.25, -0.2) is 13.2 Å². The van der Waals surface area contributed by atoms with Gasteiger partial charge in [-0.05, 0) is 113 Å². The Morgan fingerprint density at radius 2 is 1.71 bits per heavy atom. The van der Waals surface area contributed by atoms with Crippen molar-refractivity contribution in [3.63, 3.8) is 0 Å². The summed E-state index contributed by atoms with van der Waals surface area (Å²) in [7, 11) is -4.15. The number of allylic oxidation sites excluding steroid dienone is 1. The third-order valence-corrected chi connectivity index (χ3v) is 14.2. The van der Waals surface area contributed by atoms with E-state index in [2.05, 4.69) is 85.5 Å². The number of carbonyl (C=O) groups excluding carboxylic acids is 1. The molecule has 3 heterocycles. The minimum absolute atomic E-state index is 0.0104.